The van der Waals surface area contributed by atoms with E-state index in [4.69, 9.17) is 13.9 Å². The highest BCUT2D eigenvalue weighted by atomic mass is 32.1. The summed E-state index contributed by atoms with van der Waals surface area (Å²) >= 11 is 1.22. The molecule has 43 heavy (non-hydrogen) atoms. The number of ether oxygens (including phenoxy) is 2. The molecule has 2 aliphatic rings. The summed E-state index contributed by atoms with van der Waals surface area (Å²) in [6.45, 7) is 6.39. The number of carbonyl (C=O) groups is 1. The number of methoxy groups -OCH3 is 1. The number of fused-ring (bicyclic) bond motifs is 3. The third-order valence-electron chi connectivity index (χ3n) is 9.01. The fourth-order valence-corrected chi connectivity index (χ4v) is 8.01. The molecule has 1 saturated carbocycles. The third-order valence-corrected chi connectivity index (χ3v) is 10.3. The number of carboxylic acid groups (broad SMARTS) is 1. The SMILES string of the molecule is COc1ccccc1C(Cn1c(=O)n(C(C)(C)C(=O)O)c(=O)c2c(C)c(-c3ncco3)sc21)OC1C2CCC1CN(C)C2. The van der Waals surface area contributed by atoms with E-state index in [1.807, 2.05) is 24.3 Å². The van der Waals surface area contributed by atoms with Crippen LogP contribution in [0.4, 0.5) is 0 Å². The summed E-state index contributed by atoms with van der Waals surface area (Å²) < 4.78 is 20.6. The minimum atomic E-state index is -1.81. The van der Waals surface area contributed by atoms with Crippen LogP contribution in [0.1, 0.15) is 43.9 Å². The molecule has 2 bridgehead atoms. The first-order valence-corrected chi connectivity index (χ1v) is 15.2. The van der Waals surface area contributed by atoms with Gasteiger partial charge in [0.1, 0.15) is 28.5 Å². The summed E-state index contributed by atoms with van der Waals surface area (Å²) in [6.07, 6.45) is 4.49. The van der Waals surface area contributed by atoms with Gasteiger partial charge in [-0.25, -0.2) is 19.1 Å². The summed E-state index contributed by atoms with van der Waals surface area (Å²) in [5.74, 6) is 0.371. The smallest absolute Gasteiger partial charge is 0.333 e. The van der Waals surface area contributed by atoms with E-state index in [1.54, 1.807) is 14.0 Å². The second-order valence-corrected chi connectivity index (χ2v) is 13.1. The Labute approximate surface area is 252 Å². The molecule has 0 radical (unpaired) electrons. The Kier molecular flexibility index (Phi) is 7.55. The first-order valence-electron chi connectivity index (χ1n) is 14.4. The number of aryl methyl sites for hydroxylation is 1. The van der Waals surface area contributed by atoms with E-state index in [0.717, 1.165) is 36.1 Å². The van der Waals surface area contributed by atoms with Crippen LogP contribution >= 0.6 is 11.3 Å². The first kappa shape index (κ1) is 29.3. The van der Waals surface area contributed by atoms with Crippen LogP contribution in [0.3, 0.4) is 0 Å². The summed E-state index contributed by atoms with van der Waals surface area (Å²) in [6, 6.07) is 7.57. The second kappa shape index (κ2) is 11.1. The van der Waals surface area contributed by atoms with E-state index in [9.17, 15) is 19.5 Å². The van der Waals surface area contributed by atoms with Gasteiger partial charge in [-0.2, -0.15) is 0 Å². The number of carboxylic acids is 1. The molecule has 4 aromatic rings. The predicted molar refractivity (Wildman–Crippen MR) is 162 cm³/mol. The maximum Gasteiger partial charge on any atom is 0.333 e. The average molecular weight is 609 g/mol. The van der Waals surface area contributed by atoms with Crippen molar-refractivity contribution < 1.29 is 23.8 Å². The van der Waals surface area contributed by atoms with E-state index in [2.05, 4.69) is 16.9 Å². The molecule has 3 aromatic heterocycles. The van der Waals surface area contributed by atoms with Crippen LogP contribution in [-0.2, 0) is 21.6 Å². The molecule has 3 unspecified atom stereocenters. The van der Waals surface area contributed by atoms with E-state index in [-0.39, 0.29) is 18.0 Å². The van der Waals surface area contributed by atoms with Gasteiger partial charge in [0, 0.05) is 18.7 Å². The minimum Gasteiger partial charge on any atom is -0.496 e. The number of piperidine rings is 1. The lowest BCUT2D eigenvalue weighted by Crippen LogP contribution is -2.53. The number of hydrogen-bond donors (Lipinski definition) is 1. The van der Waals surface area contributed by atoms with Crippen LogP contribution in [0, 0.1) is 18.8 Å². The van der Waals surface area contributed by atoms with Crippen LogP contribution in [0.5, 0.6) is 5.75 Å². The van der Waals surface area contributed by atoms with Gasteiger partial charge in [-0.05, 0) is 64.1 Å². The molecule has 11 nitrogen and oxygen atoms in total. The zero-order valence-electron chi connectivity index (χ0n) is 24.9. The Hall–Kier alpha value is -3.74. The van der Waals surface area contributed by atoms with E-state index in [0.29, 0.717) is 38.7 Å². The molecule has 12 heteroatoms. The van der Waals surface area contributed by atoms with Gasteiger partial charge in [0.25, 0.3) is 5.56 Å². The molecule has 1 N–H and O–H groups in total. The molecule has 2 fully saturated rings. The van der Waals surface area contributed by atoms with Crippen molar-refractivity contribution in [2.24, 2.45) is 11.8 Å². The summed E-state index contributed by atoms with van der Waals surface area (Å²) in [7, 11) is 3.73. The van der Waals surface area contributed by atoms with Crippen molar-refractivity contribution in [2.45, 2.75) is 57.9 Å². The predicted octanol–water partition coefficient (Wildman–Crippen LogP) is 4.11. The van der Waals surface area contributed by atoms with Crippen LogP contribution in [-0.4, -0.2) is 63.4 Å². The van der Waals surface area contributed by atoms with Crippen LogP contribution in [0.25, 0.3) is 21.0 Å². The molecule has 1 aliphatic carbocycles. The molecule has 1 aliphatic heterocycles. The van der Waals surface area contributed by atoms with Gasteiger partial charge in [0.15, 0.2) is 0 Å². The van der Waals surface area contributed by atoms with Crippen LogP contribution in [0.15, 0.2) is 50.7 Å². The number of oxazole rings is 1. The topological polar surface area (TPSA) is 129 Å². The van der Waals surface area contributed by atoms with E-state index >= 15 is 0 Å². The van der Waals surface area contributed by atoms with Gasteiger partial charge in [-0.1, -0.05) is 18.2 Å². The highest BCUT2D eigenvalue weighted by Gasteiger charge is 2.44. The lowest BCUT2D eigenvalue weighted by molar-refractivity contribution is -0.146. The molecular formula is C31H36N4O7S. The van der Waals surface area contributed by atoms with Gasteiger partial charge in [0.2, 0.25) is 5.89 Å². The van der Waals surface area contributed by atoms with Crippen molar-refractivity contribution in [2.75, 3.05) is 27.2 Å². The van der Waals surface area contributed by atoms with Crippen molar-refractivity contribution >= 4 is 27.5 Å². The minimum absolute atomic E-state index is 0.00776. The third kappa shape index (κ3) is 4.91. The maximum absolute atomic E-state index is 14.3. The molecule has 6 rings (SSSR count). The van der Waals surface area contributed by atoms with Crippen molar-refractivity contribution in [3.63, 3.8) is 0 Å². The highest BCUT2D eigenvalue weighted by Crippen LogP contribution is 2.43. The lowest BCUT2D eigenvalue weighted by Gasteiger charge is -2.38. The van der Waals surface area contributed by atoms with Crippen molar-refractivity contribution in [3.05, 3.63) is 68.7 Å². The van der Waals surface area contributed by atoms with Crippen LogP contribution < -0.4 is 16.0 Å². The Morgan fingerprint density at radius 3 is 2.53 bits per heavy atom. The van der Waals surface area contributed by atoms with Crippen molar-refractivity contribution in [1.82, 2.24) is 19.0 Å². The molecular weight excluding hydrogens is 572 g/mol. The molecule has 228 valence electrons. The molecule has 0 spiro atoms. The van der Waals surface area contributed by atoms with E-state index in [1.165, 1.54) is 42.2 Å². The molecule has 0 amide bonds. The quantitative estimate of drug-likeness (QED) is 0.298. The zero-order chi connectivity index (χ0) is 30.6. The lowest BCUT2D eigenvalue weighted by atomic mass is 9.94. The number of thiophene rings is 1. The number of likely N-dealkylation sites (tertiary alicyclic amines) is 1. The fourth-order valence-electron chi connectivity index (χ4n) is 6.77. The Morgan fingerprint density at radius 1 is 1.21 bits per heavy atom. The van der Waals surface area contributed by atoms with Crippen LogP contribution in [0.2, 0.25) is 0 Å². The van der Waals surface area contributed by atoms with Gasteiger partial charge in [-0.3, -0.25) is 9.36 Å². The first-order chi connectivity index (χ1) is 20.5. The molecule has 4 heterocycles. The average Bonchev–Trinajstić information content (AvgIpc) is 3.67. The standard InChI is InChI=1S/C31H36N4O7S/c1-17-23-27(36)35(31(2,3)29(37)38)30(39)34(28(23)43-25(17)26-32-12-13-41-26)16-22(20-8-6-7-9-21(20)40-5)42-24-18-10-11-19(24)15-33(4)14-18/h6-9,12-13,18-19,22,24H,10-11,14-16H2,1-5H3,(H,37,38). The number of benzene rings is 1. The monoisotopic (exact) mass is 608 g/mol. The molecule has 1 saturated heterocycles. The van der Waals surface area contributed by atoms with Gasteiger partial charge >= 0.3 is 11.7 Å². The van der Waals surface area contributed by atoms with Gasteiger partial charge < -0.3 is 23.9 Å². The molecule has 3 atom stereocenters. The maximum atomic E-state index is 14.3. The summed E-state index contributed by atoms with van der Waals surface area (Å²) in [5.41, 5.74) is -1.85. The number of nitrogens with zero attached hydrogens (tertiary/aromatic N) is 4. The number of aliphatic carboxylic acids is 1. The zero-order valence-corrected chi connectivity index (χ0v) is 25.7. The van der Waals surface area contributed by atoms with Gasteiger partial charge in [0.05, 0.1) is 36.2 Å². The van der Waals surface area contributed by atoms with Crippen molar-refractivity contribution in [3.8, 4) is 16.5 Å². The Balaban J connectivity index is 1.56. The fraction of sp³-hybridized carbons (Fsp3) is 0.484. The van der Waals surface area contributed by atoms with Crippen molar-refractivity contribution in [1.29, 1.82) is 0 Å². The second-order valence-electron chi connectivity index (χ2n) is 12.1. The highest BCUT2D eigenvalue weighted by molar-refractivity contribution is 7.22. The van der Waals surface area contributed by atoms with Gasteiger partial charge in [-0.15, -0.1) is 11.3 Å². The number of para-hydroxylation sites is 1. The largest absolute Gasteiger partial charge is 0.496 e. The normalized spacial score (nSPS) is 21.4. The summed E-state index contributed by atoms with van der Waals surface area (Å²) in [4.78, 5) is 48.2. The number of rotatable bonds is 9. The Bertz CT molecular complexity index is 1770. The molecule has 1 aromatic carbocycles. The number of aromatic nitrogens is 3. The Morgan fingerprint density at radius 2 is 1.91 bits per heavy atom. The summed E-state index contributed by atoms with van der Waals surface area (Å²) in [5, 5.41) is 10.3. The number of hydrogen-bond acceptors (Lipinski definition) is 9. The van der Waals surface area contributed by atoms with E-state index < -0.39 is 28.9 Å².